The van der Waals surface area contributed by atoms with Crippen LogP contribution in [0.2, 0.25) is 5.02 Å². The van der Waals surface area contributed by atoms with E-state index >= 15 is 0 Å². The van der Waals surface area contributed by atoms with E-state index in [2.05, 4.69) is 17.6 Å². The largest absolute Gasteiger partial charge is 0.383 e. The van der Waals surface area contributed by atoms with Gasteiger partial charge in [-0.3, -0.25) is 0 Å². The predicted octanol–water partition coefficient (Wildman–Crippen LogP) is 2.93. The number of aromatic nitrogens is 1. The van der Waals surface area contributed by atoms with Crippen molar-refractivity contribution in [2.24, 2.45) is 5.73 Å². The number of thiol groups is 1. The zero-order valence-electron chi connectivity index (χ0n) is 8.98. The van der Waals surface area contributed by atoms with Crippen LogP contribution in [0.25, 0.3) is 10.6 Å². The molecule has 1 aromatic carbocycles. The van der Waals surface area contributed by atoms with E-state index in [1.165, 1.54) is 11.3 Å². The van der Waals surface area contributed by atoms with Gasteiger partial charge in [-0.05, 0) is 17.7 Å². The molecule has 1 aromatic heterocycles. The first kappa shape index (κ1) is 12.7. The lowest BCUT2D eigenvalue weighted by Crippen LogP contribution is -1.98. The number of hydrogen-bond donors (Lipinski definition) is 3. The molecule has 0 fully saturated rings. The summed E-state index contributed by atoms with van der Waals surface area (Å²) in [6, 6.07) is 5.61. The molecule has 90 valence electrons. The molecule has 0 spiro atoms. The van der Waals surface area contributed by atoms with E-state index in [0.29, 0.717) is 23.1 Å². The predicted molar refractivity (Wildman–Crippen MR) is 77.6 cm³/mol. The summed E-state index contributed by atoms with van der Waals surface area (Å²) in [6.45, 7) is 0.422. The summed E-state index contributed by atoms with van der Waals surface area (Å²) < 4.78 is 0. The first-order valence-electron chi connectivity index (χ1n) is 5.00. The SMILES string of the molecule is NCc1cc(Cl)ccc1-c1nc(N)c(CS)s1. The summed E-state index contributed by atoms with van der Waals surface area (Å²) in [7, 11) is 0. The summed E-state index contributed by atoms with van der Waals surface area (Å²) in [5.74, 6) is 1.13. The minimum Gasteiger partial charge on any atom is -0.383 e. The van der Waals surface area contributed by atoms with E-state index in [-0.39, 0.29) is 0 Å². The molecule has 3 nitrogen and oxygen atoms in total. The minimum absolute atomic E-state index is 0.422. The van der Waals surface area contributed by atoms with Gasteiger partial charge in [0.1, 0.15) is 10.8 Å². The molecule has 0 aliphatic heterocycles. The van der Waals surface area contributed by atoms with E-state index in [0.717, 1.165) is 21.0 Å². The van der Waals surface area contributed by atoms with Crippen LogP contribution < -0.4 is 11.5 Å². The van der Waals surface area contributed by atoms with Gasteiger partial charge in [-0.15, -0.1) is 11.3 Å². The monoisotopic (exact) mass is 285 g/mol. The van der Waals surface area contributed by atoms with Crippen LogP contribution in [0.1, 0.15) is 10.4 Å². The number of nitrogen functional groups attached to an aromatic ring is 1. The average molecular weight is 286 g/mol. The Balaban J connectivity index is 2.51. The van der Waals surface area contributed by atoms with Gasteiger partial charge in [0.2, 0.25) is 0 Å². The molecule has 4 N–H and O–H groups in total. The van der Waals surface area contributed by atoms with Gasteiger partial charge in [-0.1, -0.05) is 17.7 Å². The summed E-state index contributed by atoms with van der Waals surface area (Å²) in [5, 5.41) is 1.54. The van der Waals surface area contributed by atoms with Crippen molar-refractivity contribution in [3.8, 4) is 10.6 Å². The summed E-state index contributed by atoms with van der Waals surface area (Å²) in [4.78, 5) is 5.31. The van der Waals surface area contributed by atoms with Gasteiger partial charge in [0.25, 0.3) is 0 Å². The first-order chi connectivity index (χ1) is 8.15. The number of nitrogens with two attached hydrogens (primary N) is 2. The number of benzene rings is 1. The zero-order valence-corrected chi connectivity index (χ0v) is 11.4. The van der Waals surface area contributed by atoms with Crippen LogP contribution in [-0.2, 0) is 12.3 Å². The third-order valence-corrected chi connectivity index (χ3v) is 4.26. The van der Waals surface area contributed by atoms with Crippen LogP contribution in [0.15, 0.2) is 18.2 Å². The van der Waals surface area contributed by atoms with Gasteiger partial charge in [0, 0.05) is 22.9 Å². The Bertz CT molecular complexity index is 540. The van der Waals surface area contributed by atoms with E-state index in [9.17, 15) is 0 Å². The number of thiazole rings is 1. The molecule has 0 aliphatic carbocycles. The molecule has 0 amide bonds. The van der Waals surface area contributed by atoms with Crippen LogP contribution in [0.3, 0.4) is 0 Å². The van der Waals surface area contributed by atoms with Gasteiger partial charge in [0.15, 0.2) is 0 Å². The third-order valence-electron chi connectivity index (χ3n) is 2.39. The fourth-order valence-electron chi connectivity index (χ4n) is 1.53. The molecule has 6 heteroatoms. The second-order valence-corrected chi connectivity index (χ2v) is 5.33. The van der Waals surface area contributed by atoms with Crippen molar-refractivity contribution in [2.45, 2.75) is 12.3 Å². The molecule has 1 heterocycles. The quantitative estimate of drug-likeness (QED) is 0.760. The van der Waals surface area contributed by atoms with Gasteiger partial charge in [0.05, 0.1) is 4.88 Å². The zero-order chi connectivity index (χ0) is 12.4. The highest BCUT2D eigenvalue weighted by Crippen LogP contribution is 2.33. The standard InChI is InChI=1S/C11H12ClN3S2/c12-7-1-2-8(6(3-7)4-13)11-15-10(14)9(5-16)17-11/h1-3,16H,4-5,13-14H2. The van der Waals surface area contributed by atoms with E-state index in [1.807, 2.05) is 18.2 Å². The van der Waals surface area contributed by atoms with Crippen LogP contribution in [0.5, 0.6) is 0 Å². The van der Waals surface area contributed by atoms with Crippen molar-refractivity contribution in [1.29, 1.82) is 0 Å². The number of hydrogen-bond acceptors (Lipinski definition) is 5. The maximum atomic E-state index is 5.94. The molecule has 0 bridgehead atoms. The number of anilines is 1. The van der Waals surface area contributed by atoms with Crippen LogP contribution in [-0.4, -0.2) is 4.98 Å². The third kappa shape index (κ3) is 2.57. The highest BCUT2D eigenvalue weighted by Gasteiger charge is 2.12. The Labute approximate surface area is 114 Å². The fraction of sp³-hybridized carbons (Fsp3) is 0.182. The smallest absolute Gasteiger partial charge is 0.139 e. The second-order valence-electron chi connectivity index (χ2n) is 3.49. The van der Waals surface area contributed by atoms with Crippen molar-refractivity contribution in [3.63, 3.8) is 0 Å². The Morgan fingerprint density at radius 1 is 1.41 bits per heavy atom. The Kier molecular flexibility index (Phi) is 3.93. The molecule has 0 radical (unpaired) electrons. The van der Waals surface area contributed by atoms with Crippen LogP contribution in [0.4, 0.5) is 5.82 Å². The molecule has 0 unspecified atom stereocenters. The van der Waals surface area contributed by atoms with Gasteiger partial charge in [-0.25, -0.2) is 4.98 Å². The van der Waals surface area contributed by atoms with Crippen molar-refractivity contribution < 1.29 is 0 Å². The average Bonchev–Trinajstić information content (AvgIpc) is 2.70. The van der Waals surface area contributed by atoms with Gasteiger partial charge in [-0.2, -0.15) is 12.6 Å². The molecule has 0 saturated carbocycles. The molecule has 0 saturated heterocycles. The lowest BCUT2D eigenvalue weighted by Gasteiger charge is -2.04. The maximum Gasteiger partial charge on any atom is 0.139 e. The summed E-state index contributed by atoms with van der Waals surface area (Å²) in [6.07, 6.45) is 0. The lowest BCUT2D eigenvalue weighted by molar-refractivity contribution is 1.07. The van der Waals surface area contributed by atoms with Crippen LogP contribution >= 0.6 is 35.6 Å². The second kappa shape index (κ2) is 5.27. The Morgan fingerprint density at radius 3 is 2.76 bits per heavy atom. The molecule has 0 atom stereocenters. The van der Waals surface area contributed by atoms with Crippen molar-refractivity contribution in [3.05, 3.63) is 33.7 Å². The van der Waals surface area contributed by atoms with Crippen molar-refractivity contribution in [2.75, 3.05) is 5.73 Å². The van der Waals surface area contributed by atoms with Gasteiger partial charge >= 0.3 is 0 Å². The highest BCUT2D eigenvalue weighted by molar-refractivity contribution is 7.79. The molecular weight excluding hydrogens is 274 g/mol. The molecule has 2 aromatic rings. The maximum absolute atomic E-state index is 5.94. The number of halogens is 1. The summed E-state index contributed by atoms with van der Waals surface area (Å²) >= 11 is 11.7. The molecule has 0 aliphatic rings. The lowest BCUT2D eigenvalue weighted by atomic mass is 10.1. The topological polar surface area (TPSA) is 64.9 Å². The first-order valence-corrected chi connectivity index (χ1v) is 6.83. The van der Waals surface area contributed by atoms with Crippen molar-refractivity contribution in [1.82, 2.24) is 4.98 Å². The number of rotatable bonds is 3. The van der Waals surface area contributed by atoms with Gasteiger partial charge < -0.3 is 11.5 Å². The molecule has 2 rings (SSSR count). The molecular formula is C11H12ClN3S2. The van der Waals surface area contributed by atoms with E-state index in [4.69, 9.17) is 23.1 Å². The van der Waals surface area contributed by atoms with Crippen molar-refractivity contribution >= 4 is 41.4 Å². The number of nitrogens with zero attached hydrogens (tertiary/aromatic N) is 1. The normalized spacial score (nSPS) is 10.8. The van der Waals surface area contributed by atoms with E-state index in [1.54, 1.807) is 0 Å². The Morgan fingerprint density at radius 2 is 2.18 bits per heavy atom. The highest BCUT2D eigenvalue weighted by atomic mass is 35.5. The fourth-order valence-corrected chi connectivity index (χ4v) is 2.98. The van der Waals surface area contributed by atoms with Crippen LogP contribution in [0, 0.1) is 0 Å². The minimum atomic E-state index is 0.422. The molecule has 17 heavy (non-hydrogen) atoms. The summed E-state index contributed by atoms with van der Waals surface area (Å²) in [5.41, 5.74) is 13.5. The Hall–Kier alpha value is -0.750. The van der Waals surface area contributed by atoms with E-state index < -0.39 is 0 Å².